The van der Waals surface area contributed by atoms with Crippen molar-refractivity contribution in [1.82, 2.24) is 4.57 Å². The van der Waals surface area contributed by atoms with E-state index in [1.807, 2.05) is 19.1 Å². The number of nitrogens with two attached hydrogens (primary N) is 1. The molecule has 0 amide bonds. The molecule has 1 heterocycles. The molecule has 2 N–H and O–H groups in total. The maximum Gasteiger partial charge on any atom is 0.0473 e. The van der Waals surface area contributed by atoms with Crippen LogP contribution in [0, 0.1) is 0 Å². The van der Waals surface area contributed by atoms with Crippen molar-refractivity contribution < 1.29 is 0 Å². The summed E-state index contributed by atoms with van der Waals surface area (Å²) in [4.78, 5) is 0. The van der Waals surface area contributed by atoms with Crippen LogP contribution in [0.4, 0.5) is 0 Å². The Kier molecular flexibility index (Phi) is 2.88. The van der Waals surface area contributed by atoms with Gasteiger partial charge in [0.2, 0.25) is 0 Å². The predicted molar refractivity (Wildman–Crippen MR) is 62.6 cm³/mol. The van der Waals surface area contributed by atoms with Crippen molar-refractivity contribution in [1.29, 1.82) is 0 Å². The van der Waals surface area contributed by atoms with Gasteiger partial charge in [-0.1, -0.05) is 30.3 Å². The van der Waals surface area contributed by atoms with Crippen LogP contribution in [0.1, 0.15) is 24.2 Å². The van der Waals surface area contributed by atoms with Gasteiger partial charge in [0, 0.05) is 24.5 Å². The smallest absolute Gasteiger partial charge is 0.0473 e. The summed E-state index contributed by atoms with van der Waals surface area (Å²) in [6, 6.07) is 14.6. The highest BCUT2D eigenvalue weighted by Crippen LogP contribution is 2.12. The van der Waals surface area contributed by atoms with Crippen molar-refractivity contribution in [3.05, 3.63) is 59.9 Å². The molecule has 15 heavy (non-hydrogen) atoms. The van der Waals surface area contributed by atoms with Gasteiger partial charge < -0.3 is 10.3 Å². The molecule has 0 aliphatic rings. The molecule has 0 aliphatic carbocycles. The molecule has 1 aromatic carbocycles. The molecule has 0 fully saturated rings. The molecule has 2 aromatic rings. The van der Waals surface area contributed by atoms with Gasteiger partial charge in [-0.2, -0.15) is 0 Å². The van der Waals surface area contributed by atoms with Gasteiger partial charge in [-0.05, 0) is 24.6 Å². The summed E-state index contributed by atoms with van der Waals surface area (Å²) in [5.41, 5.74) is 8.37. The van der Waals surface area contributed by atoms with E-state index in [0.29, 0.717) is 0 Å². The third-order valence-electron chi connectivity index (χ3n) is 2.53. The minimum atomic E-state index is 0.0868. The first-order chi connectivity index (χ1) is 7.27. The maximum atomic E-state index is 5.89. The normalized spacial score (nSPS) is 12.7. The van der Waals surface area contributed by atoms with Crippen molar-refractivity contribution in [2.75, 3.05) is 0 Å². The molecular weight excluding hydrogens is 184 g/mol. The van der Waals surface area contributed by atoms with Crippen LogP contribution in [-0.4, -0.2) is 4.57 Å². The van der Waals surface area contributed by atoms with Gasteiger partial charge in [-0.25, -0.2) is 0 Å². The molecule has 0 saturated carbocycles. The summed E-state index contributed by atoms with van der Waals surface area (Å²) in [5, 5.41) is 0. The van der Waals surface area contributed by atoms with Gasteiger partial charge in [0.05, 0.1) is 0 Å². The summed E-state index contributed by atoms with van der Waals surface area (Å²) >= 11 is 0. The quantitative estimate of drug-likeness (QED) is 0.811. The lowest BCUT2D eigenvalue weighted by Gasteiger charge is -2.11. The van der Waals surface area contributed by atoms with Crippen LogP contribution in [0.5, 0.6) is 0 Å². The molecule has 2 heteroatoms. The van der Waals surface area contributed by atoms with E-state index in [2.05, 4.69) is 41.1 Å². The fourth-order valence-corrected chi connectivity index (χ4v) is 1.76. The van der Waals surface area contributed by atoms with Crippen LogP contribution in [0.15, 0.2) is 48.7 Å². The van der Waals surface area contributed by atoms with Crippen molar-refractivity contribution in [2.45, 2.75) is 19.5 Å². The van der Waals surface area contributed by atoms with Crippen molar-refractivity contribution in [3.8, 4) is 0 Å². The summed E-state index contributed by atoms with van der Waals surface area (Å²) in [6.45, 7) is 2.90. The lowest BCUT2D eigenvalue weighted by atomic mass is 10.2. The topological polar surface area (TPSA) is 30.9 Å². The molecular formula is C13H16N2. The highest BCUT2D eigenvalue weighted by Gasteiger charge is 2.05. The molecule has 0 bridgehead atoms. The number of nitrogens with zero attached hydrogens (tertiary/aromatic N) is 1. The van der Waals surface area contributed by atoms with Gasteiger partial charge in [0.15, 0.2) is 0 Å². The van der Waals surface area contributed by atoms with E-state index in [1.165, 1.54) is 11.3 Å². The van der Waals surface area contributed by atoms with Gasteiger partial charge in [-0.3, -0.25) is 0 Å². The van der Waals surface area contributed by atoms with E-state index >= 15 is 0 Å². The standard InChI is InChI=1S/C13H16N2/c1-11(14)13-8-5-9-15(13)10-12-6-3-2-4-7-12/h2-9,11H,10,14H2,1H3. The third kappa shape index (κ3) is 2.28. The molecule has 1 unspecified atom stereocenters. The Bertz CT molecular complexity index is 415. The van der Waals surface area contributed by atoms with E-state index in [4.69, 9.17) is 5.73 Å². The van der Waals surface area contributed by atoms with Gasteiger partial charge in [0.1, 0.15) is 0 Å². The Balaban J connectivity index is 2.21. The average Bonchev–Trinajstić information content (AvgIpc) is 2.67. The molecule has 0 saturated heterocycles. The van der Waals surface area contributed by atoms with Crippen molar-refractivity contribution >= 4 is 0 Å². The van der Waals surface area contributed by atoms with Gasteiger partial charge in [0.25, 0.3) is 0 Å². The molecule has 2 nitrogen and oxygen atoms in total. The van der Waals surface area contributed by atoms with Gasteiger partial charge in [-0.15, -0.1) is 0 Å². The molecule has 1 atom stereocenters. The van der Waals surface area contributed by atoms with E-state index in [1.54, 1.807) is 0 Å². The highest BCUT2D eigenvalue weighted by molar-refractivity contribution is 5.18. The van der Waals surface area contributed by atoms with Crippen LogP contribution < -0.4 is 5.73 Å². The third-order valence-corrected chi connectivity index (χ3v) is 2.53. The Morgan fingerprint density at radius 2 is 1.87 bits per heavy atom. The Labute approximate surface area is 90.3 Å². The predicted octanol–water partition coefficient (Wildman–Crippen LogP) is 2.56. The second-order valence-electron chi connectivity index (χ2n) is 3.84. The second kappa shape index (κ2) is 4.32. The van der Waals surface area contributed by atoms with E-state index in [9.17, 15) is 0 Å². The molecule has 0 radical (unpaired) electrons. The van der Waals surface area contributed by atoms with Crippen LogP contribution >= 0.6 is 0 Å². The van der Waals surface area contributed by atoms with E-state index < -0.39 is 0 Å². The minimum Gasteiger partial charge on any atom is -0.346 e. The zero-order chi connectivity index (χ0) is 10.7. The average molecular weight is 200 g/mol. The number of hydrogen-bond acceptors (Lipinski definition) is 1. The van der Waals surface area contributed by atoms with Crippen LogP contribution in [0.25, 0.3) is 0 Å². The Hall–Kier alpha value is -1.54. The lowest BCUT2D eigenvalue weighted by Crippen LogP contribution is -2.12. The van der Waals surface area contributed by atoms with Crippen molar-refractivity contribution in [3.63, 3.8) is 0 Å². The number of aromatic nitrogens is 1. The first kappa shape index (κ1) is 9.99. The lowest BCUT2D eigenvalue weighted by molar-refractivity contribution is 0.675. The molecule has 2 rings (SSSR count). The zero-order valence-electron chi connectivity index (χ0n) is 8.93. The Morgan fingerprint density at radius 1 is 1.13 bits per heavy atom. The van der Waals surface area contributed by atoms with Crippen molar-refractivity contribution in [2.24, 2.45) is 5.73 Å². The van der Waals surface area contributed by atoms with E-state index in [-0.39, 0.29) is 6.04 Å². The van der Waals surface area contributed by atoms with Gasteiger partial charge >= 0.3 is 0 Å². The first-order valence-corrected chi connectivity index (χ1v) is 5.22. The van der Waals surface area contributed by atoms with Crippen LogP contribution in [0.3, 0.4) is 0 Å². The Morgan fingerprint density at radius 3 is 2.53 bits per heavy atom. The summed E-state index contributed by atoms with van der Waals surface area (Å²) in [6.07, 6.45) is 2.08. The SMILES string of the molecule is CC(N)c1cccn1Cc1ccccc1. The maximum absolute atomic E-state index is 5.89. The monoisotopic (exact) mass is 200 g/mol. The molecule has 78 valence electrons. The molecule has 0 spiro atoms. The number of rotatable bonds is 3. The summed E-state index contributed by atoms with van der Waals surface area (Å²) in [5.74, 6) is 0. The highest BCUT2D eigenvalue weighted by atomic mass is 15.0. The van der Waals surface area contributed by atoms with Crippen LogP contribution in [0.2, 0.25) is 0 Å². The first-order valence-electron chi connectivity index (χ1n) is 5.22. The van der Waals surface area contributed by atoms with E-state index in [0.717, 1.165) is 6.54 Å². The molecule has 1 aromatic heterocycles. The van der Waals surface area contributed by atoms with Crippen LogP contribution in [-0.2, 0) is 6.54 Å². The number of hydrogen-bond donors (Lipinski definition) is 1. The zero-order valence-corrected chi connectivity index (χ0v) is 8.93. The number of benzene rings is 1. The fourth-order valence-electron chi connectivity index (χ4n) is 1.76. The fraction of sp³-hybridized carbons (Fsp3) is 0.231. The second-order valence-corrected chi connectivity index (χ2v) is 3.84. The minimum absolute atomic E-state index is 0.0868. The molecule has 0 aliphatic heterocycles. The largest absolute Gasteiger partial charge is 0.346 e. The summed E-state index contributed by atoms with van der Waals surface area (Å²) < 4.78 is 2.19. The summed E-state index contributed by atoms with van der Waals surface area (Å²) in [7, 11) is 0.